The normalized spacial score (nSPS) is 16.9. The van der Waals surface area contributed by atoms with Gasteiger partial charge in [-0.1, -0.05) is 0 Å². The Labute approximate surface area is 160 Å². The van der Waals surface area contributed by atoms with Crippen molar-refractivity contribution in [2.75, 3.05) is 41.4 Å². The highest BCUT2D eigenvalue weighted by Crippen LogP contribution is 2.27. The number of nitrogens with two attached hydrogens (primary N) is 2. The zero-order valence-corrected chi connectivity index (χ0v) is 15.8. The average Bonchev–Trinajstić information content (AvgIpc) is 3.09. The van der Waals surface area contributed by atoms with Crippen LogP contribution < -0.4 is 27.6 Å². The predicted molar refractivity (Wildman–Crippen MR) is 115 cm³/mol. The molecule has 1 heterocycles. The summed E-state index contributed by atoms with van der Waals surface area (Å²) >= 11 is 0. The second kappa shape index (κ2) is 8.75. The first-order valence-corrected chi connectivity index (χ1v) is 9.36. The summed E-state index contributed by atoms with van der Waals surface area (Å²) in [5.41, 5.74) is 13.6. The van der Waals surface area contributed by atoms with Crippen LogP contribution in [-0.2, 0) is 0 Å². The van der Waals surface area contributed by atoms with Gasteiger partial charge in [0.15, 0.2) is 0 Å². The third-order valence-corrected chi connectivity index (χ3v) is 5.11. The Hall–Kier alpha value is -2.77. The number of rotatable bonds is 8. The standard InChI is InChI=1S/C20H29N7/c1-14-3-2-9-27(14)10-8-24-20-12-17(4-6-18(20)22)25-16-5-7-19(26-23)15(11-16)13-21/h4-7,11-14,21,24-26H,2-3,8-10,22-23H2,1H3. The van der Waals surface area contributed by atoms with Gasteiger partial charge in [0.1, 0.15) is 0 Å². The van der Waals surface area contributed by atoms with Gasteiger partial charge in [0.25, 0.3) is 0 Å². The van der Waals surface area contributed by atoms with E-state index < -0.39 is 0 Å². The number of benzene rings is 2. The van der Waals surface area contributed by atoms with Gasteiger partial charge in [0, 0.05) is 42.3 Å². The van der Waals surface area contributed by atoms with Gasteiger partial charge in [-0.25, -0.2) is 0 Å². The molecule has 1 fully saturated rings. The summed E-state index contributed by atoms with van der Waals surface area (Å²) in [6.07, 6.45) is 3.85. The molecule has 0 aliphatic carbocycles. The van der Waals surface area contributed by atoms with Crippen LogP contribution in [0.5, 0.6) is 0 Å². The number of nitrogen functional groups attached to an aromatic ring is 2. The molecule has 0 radical (unpaired) electrons. The van der Waals surface area contributed by atoms with E-state index in [1.165, 1.54) is 25.6 Å². The van der Waals surface area contributed by atoms with Gasteiger partial charge in [0.05, 0.1) is 17.1 Å². The Kier molecular flexibility index (Phi) is 6.16. The van der Waals surface area contributed by atoms with Crippen molar-refractivity contribution < 1.29 is 0 Å². The predicted octanol–water partition coefficient (Wildman–Crippen LogP) is 3.19. The zero-order valence-electron chi connectivity index (χ0n) is 15.8. The first-order chi connectivity index (χ1) is 13.1. The molecule has 1 aliphatic rings. The van der Waals surface area contributed by atoms with E-state index in [9.17, 15) is 0 Å². The second-order valence-corrected chi connectivity index (χ2v) is 6.97. The van der Waals surface area contributed by atoms with Gasteiger partial charge in [-0.15, -0.1) is 0 Å². The molecule has 7 heteroatoms. The topological polar surface area (TPSA) is 115 Å². The Morgan fingerprint density at radius 2 is 1.96 bits per heavy atom. The highest BCUT2D eigenvalue weighted by Gasteiger charge is 2.19. The van der Waals surface area contributed by atoms with Crippen LogP contribution >= 0.6 is 0 Å². The first kappa shape index (κ1) is 19.0. The van der Waals surface area contributed by atoms with E-state index in [-0.39, 0.29) is 0 Å². The Morgan fingerprint density at radius 3 is 2.67 bits per heavy atom. The summed E-state index contributed by atoms with van der Waals surface area (Å²) in [5, 5.41) is 14.3. The quantitative estimate of drug-likeness (QED) is 0.185. The summed E-state index contributed by atoms with van der Waals surface area (Å²) in [6, 6.07) is 12.2. The van der Waals surface area contributed by atoms with E-state index in [1.807, 2.05) is 36.4 Å². The van der Waals surface area contributed by atoms with Crippen LogP contribution in [0.2, 0.25) is 0 Å². The average molecular weight is 368 g/mol. The van der Waals surface area contributed by atoms with Crippen LogP contribution in [0.3, 0.4) is 0 Å². The molecule has 1 saturated heterocycles. The van der Waals surface area contributed by atoms with E-state index >= 15 is 0 Å². The molecule has 27 heavy (non-hydrogen) atoms. The molecular weight excluding hydrogens is 338 g/mol. The molecule has 7 nitrogen and oxygen atoms in total. The van der Waals surface area contributed by atoms with Gasteiger partial charge >= 0.3 is 0 Å². The maximum atomic E-state index is 7.51. The summed E-state index contributed by atoms with van der Waals surface area (Å²) < 4.78 is 0. The minimum Gasteiger partial charge on any atom is -0.397 e. The van der Waals surface area contributed by atoms with E-state index in [0.29, 0.717) is 11.7 Å². The molecular formula is C20H29N7. The van der Waals surface area contributed by atoms with E-state index in [2.05, 4.69) is 27.9 Å². The van der Waals surface area contributed by atoms with Gasteiger partial charge in [-0.2, -0.15) is 0 Å². The summed E-state index contributed by atoms with van der Waals surface area (Å²) in [6.45, 7) is 5.37. The van der Waals surface area contributed by atoms with Gasteiger partial charge < -0.3 is 27.2 Å². The molecule has 1 unspecified atom stereocenters. The second-order valence-electron chi connectivity index (χ2n) is 6.97. The smallest absolute Gasteiger partial charge is 0.0595 e. The van der Waals surface area contributed by atoms with E-state index in [0.717, 1.165) is 41.4 Å². The van der Waals surface area contributed by atoms with Gasteiger partial charge in [-0.05, 0) is 62.7 Å². The highest BCUT2D eigenvalue weighted by atomic mass is 15.2. The van der Waals surface area contributed by atoms with Crippen LogP contribution in [0.15, 0.2) is 36.4 Å². The number of hydrogen-bond donors (Lipinski definition) is 6. The Morgan fingerprint density at radius 1 is 1.19 bits per heavy atom. The first-order valence-electron chi connectivity index (χ1n) is 9.36. The molecule has 0 amide bonds. The minimum absolute atomic E-state index is 0.672. The molecule has 3 rings (SSSR count). The number of likely N-dealkylation sites (tertiary alicyclic amines) is 1. The Balaban J connectivity index is 1.65. The molecule has 1 atom stereocenters. The number of hydrogen-bond acceptors (Lipinski definition) is 7. The lowest BCUT2D eigenvalue weighted by atomic mass is 10.1. The van der Waals surface area contributed by atoms with Crippen molar-refractivity contribution in [3.8, 4) is 0 Å². The lowest BCUT2D eigenvalue weighted by molar-refractivity contribution is 0.279. The fraction of sp³-hybridized carbons (Fsp3) is 0.350. The largest absolute Gasteiger partial charge is 0.397 e. The maximum absolute atomic E-state index is 7.51. The van der Waals surface area contributed by atoms with Gasteiger partial charge in [-0.3, -0.25) is 10.7 Å². The fourth-order valence-electron chi connectivity index (χ4n) is 3.50. The number of nitrogens with one attached hydrogen (secondary N) is 4. The summed E-state index contributed by atoms with van der Waals surface area (Å²) in [4.78, 5) is 2.51. The third kappa shape index (κ3) is 4.69. The SMILES string of the molecule is CC1CCCN1CCNc1cc(Nc2ccc(NN)c(C=N)c2)ccc1N. The molecule has 2 aromatic carbocycles. The van der Waals surface area contributed by atoms with Crippen molar-refractivity contribution in [1.29, 1.82) is 5.41 Å². The van der Waals surface area contributed by atoms with Crippen molar-refractivity contribution in [3.63, 3.8) is 0 Å². The Bertz CT molecular complexity index is 790. The van der Waals surface area contributed by atoms with Crippen molar-refractivity contribution in [2.45, 2.75) is 25.8 Å². The van der Waals surface area contributed by atoms with E-state index in [4.69, 9.17) is 17.0 Å². The van der Waals surface area contributed by atoms with Crippen molar-refractivity contribution in [3.05, 3.63) is 42.0 Å². The van der Waals surface area contributed by atoms with Crippen LogP contribution in [0.4, 0.5) is 28.4 Å². The lowest BCUT2D eigenvalue weighted by Gasteiger charge is -2.21. The molecule has 0 saturated carbocycles. The molecule has 144 valence electrons. The third-order valence-electron chi connectivity index (χ3n) is 5.11. The van der Waals surface area contributed by atoms with Crippen molar-refractivity contribution >= 4 is 34.7 Å². The maximum Gasteiger partial charge on any atom is 0.0595 e. The summed E-state index contributed by atoms with van der Waals surface area (Å²) in [7, 11) is 0. The summed E-state index contributed by atoms with van der Waals surface area (Å²) in [5.74, 6) is 5.47. The van der Waals surface area contributed by atoms with Gasteiger partial charge in [0.2, 0.25) is 0 Å². The van der Waals surface area contributed by atoms with Crippen LogP contribution in [-0.4, -0.2) is 36.8 Å². The fourth-order valence-corrected chi connectivity index (χ4v) is 3.50. The van der Waals surface area contributed by atoms with Crippen LogP contribution in [0, 0.1) is 5.41 Å². The zero-order chi connectivity index (χ0) is 19.2. The van der Waals surface area contributed by atoms with Crippen LogP contribution in [0.25, 0.3) is 0 Å². The number of anilines is 5. The molecule has 1 aliphatic heterocycles. The molecule has 2 aromatic rings. The number of nitrogens with zero attached hydrogens (tertiary/aromatic N) is 1. The van der Waals surface area contributed by atoms with E-state index in [1.54, 1.807) is 0 Å². The molecule has 0 spiro atoms. The molecule has 8 N–H and O–H groups in total. The monoisotopic (exact) mass is 367 g/mol. The lowest BCUT2D eigenvalue weighted by Crippen LogP contribution is -2.31. The highest BCUT2D eigenvalue weighted by molar-refractivity contribution is 5.88. The minimum atomic E-state index is 0.672. The van der Waals surface area contributed by atoms with Crippen molar-refractivity contribution in [2.24, 2.45) is 5.84 Å². The molecule has 0 bridgehead atoms. The number of hydrazine groups is 1. The van der Waals surface area contributed by atoms with Crippen LogP contribution in [0.1, 0.15) is 25.3 Å². The molecule has 0 aromatic heterocycles. The van der Waals surface area contributed by atoms with Crippen molar-refractivity contribution in [1.82, 2.24) is 4.90 Å².